The molecule has 8 nitrogen and oxygen atoms in total. The number of thioether (sulfide) groups is 2. The molecule has 1 amide bonds. The third-order valence-electron chi connectivity index (χ3n) is 3.71. The highest BCUT2D eigenvalue weighted by atomic mass is 32.2. The van der Waals surface area contributed by atoms with Crippen molar-refractivity contribution in [2.75, 3.05) is 35.2 Å². The Morgan fingerprint density at radius 1 is 1.44 bits per heavy atom. The third kappa shape index (κ3) is 4.69. The number of hydrogen-bond acceptors (Lipinski definition) is 7. The monoisotopic (exact) mass is 385 g/mol. The Kier molecular flexibility index (Phi) is 7.18. The number of carbonyl (C=O) groups excluding carboxylic acids is 1. The van der Waals surface area contributed by atoms with E-state index < -0.39 is 11.2 Å². The van der Waals surface area contributed by atoms with Crippen molar-refractivity contribution in [2.24, 2.45) is 4.99 Å². The van der Waals surface area contributed by atoms with Gasteiger partial charge in [0, 0.05) is 18.8 Å². The van der Waals surface area contributed by atoms with E-state index in [1.807, 2.05) is 6.92 Å². The summed E-state index contributed by atoms with van der Waals surface area (Å²) < 4.78 is 2.21. The summed E-state index contributed by atoms with van der Waals surface area (Å²) >= 11 is 2.99. The van der Waals surface area contributed by atoms with Crippen LogP contribution in [0, 0.1) is 0 Å². The lowest BCUT2D eigenvalue weighted by Gasteiger charge is -2.23. The summed E-state index contributed by atoms with van der Waals surface area (Å²) in [5, 5.41) is 0. The number of aromatic nitrogens is 2. The molecule has 0 radical (unpaired) electrons. The molecule has 0 saturated carbocycles. The van der Waals surface area contributed by atoms with Crippen molar-refractivity contribution < 1.29 is 4.79 Å². The lowest BCUT2D eigenvalue weighted by molar-refractivity contribution is -0.116. The Morgan fingerprint density at radius 3 is 2.80 bits per heavy atom. The maximum Gasteiger partial charge on any atom is 0.330 e. The third-order valence-corrected chi connectivity index (χ3v) is 5.95. The van der Waals surface area contributed by atoms with Crippen molar-refractivity contribution in [3.05, 3.63) is 20.8 Å². The van der Waals surface area contributed by atoms with Gasteiger partial charge in [-0.1, -0.05) is 36.9 Å². The second-order valence-electron chi connectivity index (χ2n) is 5.42. The van der Waals surface area contributed by atoms with E-state index in [9.17, 15) is 14.4 Å². The Balaban J connectivity index is 2.27. The van der Waals surface area contributed by atoms with Crippen LogP contribution >= 0.6 is 23.5 Å². The topological polar surface area (TPSA) is 114 Å². The highest BCUT2D eigenvalue weighted by Crippen LogP contribution is 2.24. The van der Waals surface area contributed by atoms with E-state index in [2.05, 4.69) is 9.98 Å². The summed E-state index contributed by atoms with van der Waals surface area (Å²) in [5.41, 5.74) is 4.94. The molecule has 10 heteroatoms. The molecular weight excluding hydrogens is 362 g/mol. The molecule has 1 aromatic rings. The number of rotatable bonds is 7. The molecule has 1 aliphatic heterocycles. The largest absolute Gasteiger partial charge is 0.383 e. The zero-order valence-electron chi connectivity index (χ0n) is 14.4. The molecule has 0 saturated heterocycles. The first-order valence-electron chi connectivity index (χ1n) is 8.22. The van der Waals surface area contributed by atoms with Crippen LogP contribution < -0.4 is 21.9 Å². The minimum Gasteiger partial charge on any atom is -0.383 e. The molecule has 0 unspecified atom stereocenters. The summed E-state index contributed by atoms with van der Waals surface area (Å²) in [6, 6.07) is 0. The van der Waals surface area contributed by atoms with Crippen molar-refractivity contribution in [1.29, 1.82) is 0 Å². The fourth-order valence-corrected chi connectivity index (χ4v) is 4.33. The van der Waals surface area contributed by atoms with Crippen LogP contribution in [-0.2, 0) is 11.3 Å². The number of carbonyl (C=O) groups is 1. The van der Waals surface area contributed by atoms with Gasteiger partial charge in [0.15, 0.2) is 5.69 Å². The van der Waals surface area contributed by atoms with Crippen LogP contribution in [0.5, 0.6) is 0 Å². The van der Waals surface area contributed by atoms with Gasteiger partial charge in [-0.25, -0.2) is 4.79 Å². The molecular formula is C15H23N5O3S2. The van der Waals surface area contributed by atoms with E-state index in [1.165, 1.54) is 21.2 Å². The quantitative estimate of drug-likeness (QED) is 0.727. The molecule has 138 valence electrons. The minimum atomic E-state index is -0.636. The lowest BCUT2D eigenvalue weighted by Crippen LogP contribution is -2.41. The van der Waals surface area contributed by atoms with Crippen LogP contribution in [-0.4, -0.2) is 44.4 Å². The van der Waals surface area contributed by atoms with Crippen molar-refractivity contribution >= 4 is 45.3 Å². The zero-order valence-corrected chi connectivity index (χ0v) is 16.0. The van der Waals surface area contributed by atoms with Gasteiger partial charge in [-0.15, -0.1) is 0 Å². The average Bonchev–Trinajstić information content (AvgIpc) is 3.09. The van der Waals surface area contributed by atoms with Crippen molar-refractivity contribution in [1.82, 2.24) is 9.55 Å². The number of amides is 1. The highest BCUT2D eigenvalue weighted by Gasteiger charge is 2.23. The summed E-state index contributed by atoms with van der Waals surface area (Å²) in [5.74, 6) is 0.908. The van der Waals surface area contributed by atoms with Crippen molar-refractivity contribution in [2.45, 2.75) is 33.2 Å². The average molecular weight is 386 g/mol. The predicted octanol–water partition coefficient (Wildman–Crippen LogP) is 1.11. The fourth-order valence-electron chi connectivity index (χ4n) is 2.44. The SMILES string of the molecule is CCCCn1c(N)c(N(CC)C(=O)CSC2=NCCS2)c(=O)[nH]c1=O. The zero-order chi connectivity index (χ0) is 18.4. The van der Waals surface area contributed by atoms with Gasteiger partial charge in [-0.2, -0.15) is 0 Å². The van der Waals surface area contributed by atoms with Crippen LogP contribution in [0.3, 0.4) is 0 Å². The Morgan fingerprint density at radius 2 is 2.20 bits per heavy atom. The molecule has 0 atom stereocenters. The number of anilines is 2. The molecule has 0 fully saturated rings. The van der Waals surface area contributed by atoms with Crippen molar-refractivity contribution in [3.63, 3.8) is 0 Å². The number of hydrogen-bond donors (Lipinski definition) is 2. The van der Waals surface area contributed by atoms with Gasteiger partial charge in [-0.3, -0.25) is 24.1 Å². The molecule has 2 rings (SSSR count). The van der Waals surface area contributed by atoms with Gasteiger partial charge >= 0.3 is 5.69 Å². The van der Waals surface area contributed by atoms with E-state index in [1.54, 1.807) is 18.7 Å². The van der Waals surface area contributed by atoms with E-state index in [-0.39, 0.29) is 29.7 Å². The number of aliphatic imine (C=N–C) groups is 1. The first-order chi connectivity index (χ1) is 12.0. The first kappa shape index (κ1) is 19.6. The summed E-state index contributed by atoms with van der Waals surface area (Å²) in [6.45, 7) is 5.23. The molecule has 1 aliphatic rings. The second-order valence-corrected chi connectivity index (χ2v) is 7.73. The Labute approximate surface area is 154 Å². The lowest BCUT2D eigenvalue weighted by atomic mass is 10.3. The standard InChI is InChI=1S/C15H23N5O3S2/c1-3-5-7-20-12(16)11(13(22)18-14(20)23)19(4-2)10(21)9-25-15-17-6-8-24-15/h3-9,16H2,1-2H3,(H,18,22,23). The van der Waals surface area contributed by atoms with Crippen LogP contribution in [0.2, 0.25) is 0 Å². The highest BCUT2D eigenvalue weighted by molar-refractivity contribution is 8.39. The number of nitrogen functional groups attached to an aromatic ring is 1. The van der Waals surface area contributed by atoms with E-state index in [0.29, 0.717) is 6.54 Å². The Hall–Kier alpha value is -1.68. The Bertz CT molecular complexity index is 771. The maximum atomic E-state index is 12.6. The molecule has 0 aliphatic carbocycles. The van der Waals surface area contributed by atoms with Gasteiger partial charge < -0.3 is 10.6 Å². The van der Waals surface area contributed by atoms with E-state index in [4.69, 9.17) is 5.73 Å². The van der Waals surface area contributed by atoms with E-state index >= 15 is 0 Å². The molecule has 0 aromatic carbocycles. The van der Waals surface area contributed by atoms with Gasteiger partial charge in [0.2, 0.25) is 5.91 Å². The number of nitrogens with zero attached hydrogens (tertiary/aromatic N) is 3. The minimum absolute atomic E-state index is 0.0370. The number of nitrogens with one attached hydrogen (secondary N) is 1. The van der Waals surface area contributed by atoms with Gasteiger partial charge in [-0.05, 0) is 13.3 Å². The molecule has 0 bridgehead atoms. The normalized spacial score (nSPS) is 13.8. The number of aromatic amines is 1. The predicted molar refractivity (Wildman–Crippen MR) is 106 cm³/mol. The number of unbranched alkanes of at least 4 members (excludes halogenated alkanes) is 1. The number of nitrogens with two attached hydrogens (primary N) is 1. The van der Waals surface area contributed by atoms with Crippen LogP contribution in [0.1, 0.15) is 26.7 Å². The summed E-state index contributed by atoms with van der Waals surface area (Å²) in [4.78, 5) is 44.8. The number of H-pyrrole nitrogens is 1. The fraction of sp³-hybridized carbons (Fsp3) is 0.600. The smallest absolute Gasteiger partial charge is 0.330 e. The van der Waals surface area contributed by atoms with Crippen LogP contribution in [0.15, 0.2) is 14.6 Å². The second kappa shape index (κ2) is 9.14. The van der Waals surface area contributed by atoms with Crippen molar-refractivity contribution in [3.8, 4) is 0 Å². The molecule has 2 heterocycles. The van der Waals surface area contributed by atoms with Gasteiger partial charge in [0.25, 0.3) is 5.56 Å². The first-order valence-corrected chi connectivity index (χ1v) is 10.2. The maximum absolute atomic E-state index is 12.6. The summed E-state index contributed by atoms with van der Waals surface area (Å²) in [7, 11) is 0. The van der Waals surface area contributed by atoms with E-state index in [0.717, 1.165) is 29.5 Å². The van der Waals surface area contributed by atoms with Gasteiger partial charge in [0.05, 0.1) is 12.3 Å². The summed E-state index contributed by atoms with van der Waals surface area (Å²) in [6.07, 6.45) is 1.63. The van der Waals surface area contributed by atoms with Crippen LogP contribution in [0.4, 0.5) is 11.5 Å². The molecule has 3 N–H and O–H groups in total. The van der Waals surface area contributed by atoms with Crippen LogP contribution in [0.25, 0.3) is 0 Å². The van der Waals surface area contributed by atoms with Gasteiger partial charge in [0.1, 0.15) is 10.2 Å². The molecule has 0 spiro atoms. The molecule has 1 aromatic heterocycles. The molecule has 25 heavy (non-hydrogen) atoms.